The van der Waals surface area contributed by atoms with Crippen LogP contribution in [0.15, 0.2) is 60.7 Å². The van der Waals surface area contributed by atoms with E-state index in [2.05, 4.69) is 13.8 Å². The summed E-state index contributed by atoms with van der Waals surface area (Å²) in [5.74, 6) is 0.0702. The molecule has 1 aliphatic rings. The summed E-state index contributed by atoms with van der Waals surface area (Å²) in [6.07, 6.45) is -0.0262. The summed E-state index contributed by atoms with van der Waals surface area (Å²) in [6, 6.07) is 19.3. The lowest BCUT2D eigenvalue weighted by molar-refractivity contribution is -0.254. The molecule has 1 fully saturated rings. The molecule has 5 heteroatoms. The normalized spacial score (nSPS) is 20.3. The van der Waals surface area contributed by atoms with Crippen LogP contribution in [0.25, 0.3) is 0 Å². The van der Waals surface area contributed by atoms with Gasteiger partial charge in [-0.3, -0.25) is 9.63 Å². The van der Waals surface area contributed by atoms with Gasteiger partial charge in [-0.2, -0.15) is 5.06 Å². The number of hydroxylamine groups is 2. The van der Waals surface area contributed by atoms with Crippen LogP contribution in [0.2, 0.25) is 0 Å². The quantitative estimate of drug-likeness (QED) is 0.692. The third-order valence-corrected chi connectivity index (χ3v) is 4.54. The van der Waals surface area contributed by atoms with E-state index in [0.717, 1.165) is 11.1 Å². The zero-order chi connectivity index (χ0) is 19.2. The van der Waals surface area contributed by atoms with Crippen molar-refractivity contribution in [2.45, 2.75) is 38.6 Å². The Morgan fingerprint density at radius 2 is 1.63 bits per heavy atom. The van der Waals surface area contributed by atoms with Gasteiger partial charge < -0.3 is 9.47 Å². The Balaban J connectivity index is 1.94. The van der Waals surface area contributed by atoms with Gasteiger partial charge in [0.1, 0.15) is 6.04 Å². The minimum Gasteiger partial charge on any atom is -0.468 e. The van der Waals surface area contributed by atoms with Gasteiger partial charge in [0.25, 0.3) is 0 Å². The summed E-state index contributed by atoms with van der Waals surface area (Å²) in [7, 11) is 1.41. The molecule has 0 aromatic heterocycles. The predicted molar refractivity (Wildman–Crippen MR) is 103 cm³/mol. The van der Waals surface area contributed by atoms with Gasteiger partial charge in [-0.1, -0.05) is 74.5 Å². The third kappa shape index (κ3) is 4.75. The summed E-state index contributed by atoms with van der Waals surface area (Å²) in [5.41, 5.74) is 2.09. The third-order valence-electron chi connectivity index (χ3n) is 4.54. The monoisotopic (exact) mass is 369 g/mol. The number of benzene rings is 2. The van der Waals surface area contributed by atoms with Crippen molar-refractivity contribution in [1.82, 2.24) is 5.06 Å². The lowest BCUT2D eigenvalue weighted by atomic mass is 9.97. The number of carbonyl (C=O) groups is 1. The van der Waals surface area contributed by atoms with Crippen LogP contribution in [-0.4, -0.2) is 37.1 Å². The van der Waals surface area contributed by atoms with Gasteiger partial charge in [-0.05, 0) is 17.0 Å². The van der Waals surface area contributed by atoms with E-state index in [4.69, 9.17) is 14.3 Å². The highest BCUT2D eigenvalue weighted by molar-refractivity contribution is 5.76. The number of methoxy groups -OCH3 is 1. The molecule has 0 amide bonds. The molecule has 0 N–H and O–H groups in total. The SMILES string of the molecule is COC(=O)[C@H]1C[C@H](OCC(C)C)ON1C(c1ccccc1)c1ccccc1. The maximum atomic E-state index is 12.5. The maximum Gasteiger partial charge on any atom is 0.325 e. The fraction of sp³-hybridized carbons (Fsp3) is 0.409. The molecule has 2 aromatic rings. The smallest absolute Gasteiger partial charge is 0.325 e. The van der Waals surface area contributed by atoms with Crippen molar-refractivity contribution in [2.24, 2.45) is 5.92 Å². The average Bonchev–Trinajstić information content (AvgIpc) is 3.11. The van der Waals surface area contributed by atoms with Gasteiger partial charge >= 0.3 is 5.97 Å². The summed E-state index contributed by atoms with van der Waals surface area (Å²) in [5, 5.41) is 1.74. The highest BCUT2D eigenvalue weighted by atomic mass is 16.8. The molecule has 0 bridgehead atoms. The van der Waals surface area contributed by atoms with Crippen molar-refractivity contribution in [2.75, 3.05) is 13.7 Å². The van der Waals surface area contributed by atoms with Crippen LogP contribution in [0, 0.1) is 5.92 Å². The topological polar surface area (TPSA) is 48.0 Å². The molecule has 2 atom stereocenters. The molecule has 0 unspecified atom stereocenters. The van der Waals surface area contributed by atoms with Crippen LogP contribution >= 0.6 is 0 Å². The second-order valence-corrected chi connectivity index (χ2v) is 7.12. The number of esters is 1. The van der Waals surface area contributed by atoms with Gasteiger partial charge in [0.2, 0.25) is 0 Å². The van der Waals surface area contributed by atoms with E-state index >= 15 is 0 Å². The fourth-order valence-corrected chi connectivity index (χ4v) is 3.27. The van der Waals surface area contributed by atoms with Crippen LogP contribution in [0.4, 0.5) is 0 Å². The van der Waals surface area contributed by atoms with Gasteiger partial charge in [0.05, 0.1) is 19.8 Å². The van der Waals surface area contributed by atoms with Crippen LogP contribution in [-0.2, 0) is 19.1 Å². The molecule has 3 rings (SSSR count). The van der Waals surface area contributed by atoms with Crippen LogP contribution in [0.3, 0.4) is 0 Å². The van der Waals surface area contributed by atoms with E-state index in [1.54, 1.807) is 5.06 Å². The van der Waals surface area contributed by atoms with E-state index in [9.17, 15) is 4.79 Å². The predicted octanol–water partition coefficient (Wildman–Crippen LogP) is 3.95. The van der Waals surface area contributed by atoms with E-state index < -0.39 is 12.3 Å². The Bertz CT molecular complexity index is 680. The molecule has 1 aliphatic heterocycles. The lowest BCUT2D eigenvalue weighted by Crippen LogP contribution is -2.39. The minimum atomic E-state index is -0.530. The van der Waals surface area contributed by atoms with Crippen molar-refractivity contribution < 1.29 is 19.1 Å². The molecule has 0 aliphatic carbocycles. The Labute approximate surface area is 160 Å². The zero-order valence-corrected chi connectivity index (χ0v) is 16.1. The molecule has 0 saturated carbocycles. The average molecular weight is 369 g/mol. The number of hydrogen-bond donors (Lipinski definition) is 0. The second kappa shape index (κ2) is 9.13. The molecular weight excluding hydrogens is 342 g/mol. The second-order valence-electron chi connectivity index (χ2n) is 7.12. The van der Waals surface area contributed by atoms with Crippen LogP contribution in [0.5, 0.6) is 0 Å². The van der Waals surface area contributed by atoms with Gasteiger partial charge in [-0.25, -0.2) is 0 Å². The Hall–Kier alpha value is -2.21. The number of rotatable bonds is 7. The van der Waals surface area contributed by atoms with Gasteiger partial charge in [0.15, 0.2) is 6.29 Å². The van der Waals surface area contributed by atoms with Crippen molar-refractivity contribution in [3.05, 3.63) is 71.8 Å². The van der Waals surface area contributed by atoms with E-state index in [1.807, 2.05) is 60.7 Å². The number of ether oxygens (including phenoxy) is 2. The van der Waals surface area contributed by atoms with Crippen molar-refractivity contribution in [1.29, 1.82) is 0 Å². The first-order chi connectivity index (χ1) is 13.1. The number of nitrogens with zero attached hydrogens (tertiary/aromatic N) is 1. The number of hydrogen-bond acceptors (Lipinski definition) is 5. The van der Waals surface area contributed by atoms with E-state index in [-0.39, 0.29) is 12.0 Å². The van der Waals surface area contributed by atoms with Gasteiger partial charge in [0, 0.05) is 6.42 Å². The molecule has 0 radical (unpaired) electrons. The fourth-order valence-electron chi connectivity index (χ4n) is 3.27. The highest BCUT2D eigenvalue weighted by Gasteiger charge is 2.44. The Morgan fingerprint density at radius 3 is 2.11 bits per heavy atom. The molecular formula is C22H27NO4. The van der Waals surface area contributed by atoms with Crippen molar-refractivity contribution >= 4 is 5.97 Å². The molecule has 2 aromatic carbocycles. The Kier molecular flexibility index (Phi) is 6.61. The lowest BCUT2D eigenvalue weighted by Gasteiger charge is -2.30. The Morgan fingerprint density at radius 1 is 1.07 bits per heavy atom. The molecule has 27 heavy (non-hydrogen) atoms. The molecule has 1 heterocycles. The summed E-state index contributed by atoms with van der Waals surface area (Å²) in [4.78, 5) is 18.6. The highest BCUT2D eigenvalue weighted by Crippen LogP contribution is 2.37. The van der Waals surface area contributed by atoms with Gasteiger partial charge in [-0.15, -0.1) is 0 Å². The van der Waals surface area contributed by atoms with Crippen molar-refractivity contribution in [3.63, 3.8) is 0 Å². The molecule has 5 nitrogen and oxygen atoms in total. The molecule has 0 spiro atoms. The first-order valence-corrected chi connectivity index (χ1v) is 9.34. The van der Waals surface area contributed by atoms with E-state index in [0.29, 0.717) is 18.9 Å². The minimum absolute atomic E-state index is 0.232. The number of carbonyl (C=O) groups excluding carboxylic acids is 1. The summed E-state index contributed by atoms with van der Waals surface area (Å²) in [6.45, 7) is 4.75. The molecule has 1 saturated heterocycles. The molecule has 144 valence electrons. The first kappa shape index (κ1) is 19.5. The van der Waals surface area contributed by atoms with Crippen LogP contribution in [0.1, 0.15) is 37.4 Å². The van der Waals surface area contributed by atoms with E-state index in [1.165, 1.54) is 7.11 Å². The maximum absolute atomic E-state index is 12.5. The summed E-state index contributed by atoms with van der Waals surface area (Å²) < 4.78 is 10.9. The standard InChI is InChI=1S/C22H27NO4/c1-16(2)15-26-20-14-19(22(24)25-3)23(27-20)21(17-10-6-4-7-11-17)18-12-8-5-9-13-18/h4-13,16,19-21H,14-15H2,1-3H3/t19-,20-/m1/s1. The summed E-state index contributed by atoms with van der Waals surface area (Å²) >= 11 is 0. The first-order valence-electron chi connectivity index (χ1n) is 9.34. The van der Waals surface area contributed by atoms with Crippen LogP contribution < -0.4 is 0 Å². The zero-order valence-electron chi connectivity index (χ0n) is 16.1. The van der Waals surface area contributed by atoms with Crippen molar-refractivity contribution in [3.8, 4) is 0 Å². The largest absolute Gasteiger partial charge is 0.468 e.